The number of rotatable bonds is 53. The summed E-state index contributed by atoms with van der Waals surface area (Å²) in [5.74, 6) is -0.857. The molecule has 0 bridgehead atoms. The van der Waals surface area contributed by atoms with Crippen LogP contribution in [0, 0.1) is 0 Å². The molecule has 0 amide bonds. The molecule has 0 spiro atoms. The Hall–Kier alpha value is -2.11. The normalized spacial score (nSPS) is 12.1. The fraction of sp³-hybridized carbons (Fsp3) is 0.881. The lowest BCUT2D eigenvalue weighted by Gasteiger charge is -2.18. The van der Waals surface area contributed by atoms with E-state index in [-0.39, 0.29) is 31.1 Å². The van der Waals surface area contributed by atoms with E-state index in [1.165, 1.54) is 205 Å². The summed E-state index contributed by atoms with van der Waals surface area (Å²) >= 11 is 0. The largest absolute Gasteiger partial charge is 0.462 e. The molecule has 0 unspecified atom stereocenters. The topological polar surface area (TPSA) is 78.9 Å². The summed E-state index contributed by atoms with van der Waals surface area (Å²) in [6.07, 6.45) is 63.1. The molecular weight excluding hydrogens is 805 g/mol. The molecule has 1 atom stereocenters. The first kappa shape index (κ1) is 62.9. The van der Waals surface area contributed by atoms with Crippen molar-refractivity contribution in [2.24, 2.45) is 0 Å². The maximum atomic E-state index is 12.8. The number of unbranched alkanes of at least 4 members (excludes halogenated alkanes) is 38. The summed E-state index contributed by atoms with van der Waals surface area (Å²) in [7, 11) is 0. The van der Waals surface area contributed by atoms with Crippen molar-refractivity contribution in [3.05, 3.63) is 24.3 Å². The van der Waals surface area contributed by atoms with E-state index in [9.17, 15) is 14.4 Å². The Kier molecular flexibility index (Phi) is 52.7. The van der Waals surface area contributed by atoms with E-state index >= 15 is 0 Å². The second kappa shape index (κ2) is 54.5. The summed E-state index contributed by atoms with van der Waals surface area (Å²) in [6, 6.07) is 0. The highest BCUT2D eigenvalue weighted by Gasteiger charge is 2.19. The first-order chi connectivity index (χ1) is 32.0. The Morgan fingerprint density at radius 1 is 0.308 bits per heavy atom. The summed E-state index contributed by atoms with van der Waals surface area (Å²) in [5, 5.41) is 0. The van der Waals surface area contributed by atoms with Crippen molar-refractivity contribution < 1.29 is 28.6 Å². The number of ether oxygens (including phenoxy) is 3. The maximum Gasteiger partial charge on any atom is 0.306 e. The van der Waals surface area contributed by atoms with Gasteiger partial charge in [0.05, 0.1) is 0 Å². The zero-order valence-electron chi connectivity index (χ0n) is 43.8. The Labute approximate surface area is 404 Å². The molecule has 0 heterocycles. The molecule has 6 heteroatoms. The third kappa shape index (κ3) is 52.7. The molecule has 0 aliphatic heterocycles. The van der Waals surface area contributed by atoms with Gasteiger partial charge < -0.3 is 14.2 Å². The maximum absolute atomic E-state index is 12.8. The minimum atomic E-state index is -0.770. The van der Waals surface area contributed by atoms with E-state index in [0.29, 0.717) is 19.3 Å². The predicted octanol–water partition coefficient (Wildman–Crippen LogP) is 19.1. The Bertz CT molecular complexity index is 1050. The lowest BCUT2D eigenvalue weighted by molar-refractivity contribution is -0.167. The van der Waals surface area contributed by atoms with E-state index in [1.807, 2.05) is 0 Å². The molecule has 0 aliphatic carbocycles. The van der Waals surface area contributed by atoms with E-state index in [1.54, 1.807) is 0 Å². The summed E-state index contributed by atoms with van der Waals surface area (Å²) in [4.78, 5) is 38.1. The second-order valence-corrected chi connectivity index (χ2v) is 19.6. The molecule has 0 radical (unpaired) electrons. The lowest BCUT2D eigenvalue weighted by atomic mass is 10.0. The van der Waals surface area contributed by atoms with Gasteiger partial charge in [-0.25, -0.2) is 0 Å². The van der Waals surface area contributed by atoms with Crippen molar-refractivity contribution in [2.45, 2.75) is 322 Å². The fourth-order valence-electron chi connectivity index (χ4n) is 8.59. The van der Waals surface area contributed by atoms with Gasteiger partial charge in [0, 0.05) is 19.3 Å². The van der Waals surface area contributed by atoms with E-state index in [4.69, 9.17) is 14.2 Å². The number of hydrogen-bond acceptors (Lipinski definition) is 6. The van der Waals surface area contributed by atoms with Crippen LogP contribution in [0.25, 0.3) is 0 Å². The van der Waals surface area contributed by atoms with Crippen LogP contribution in [0.2, 0.25) is 0 Å². The van der Waals surface area contributed by atoms with Gasteiger partial charge in [0.1, 0.15) is 13.2 Å². The van der Waals surface area contributed by atoms with Crippen LogP contribution in [0.5, 0.6) is 0 Å². The van der Waals surface area contributed by atoms with Crippen LogP contribution in [-0.4, -0.2) is 37.2 Å². The van der Waals surface area contributed by atoms with Crippen LogP contribution in [0.1, 0.15) is 316 Å². The van der Waals surface area contributed by atoms with Gasteiger partial charge in [0.15, 0.2) is 6.10 Å². The zero-order valence-corrected chi connectivity index (χ0v) is 43.8. The average Bonchev–Trinajstić information content (AvgIpc) is 3.30. The monoisotopic (exact) mass is 915 g/mol. The Balaban J connectivity index is 4.28. The fourth-order valence-corrected chi connectivity index (χ4v) is 8.59. The number of hydrogen-bond donors (Lipinski definition) is 0. The van der Waals surface area contributed by atoms with Crippen molar-refractivity contribution in [3.8, 4) is 0 Å². The zero-order chi connectivity index (χ0) is 47.2. The van der Waals surface area contributed by atoms with Gasteiger partial charge in [-0.15, -0.1) is 0 Å². The van der Waals surface area contributed by atoms with Gasteiger partial charge in [-0.2, -0.15) is 0 Å². The third-order valence-corrected chi connectivity index (χ3v) is 13.0. The highest BCUT2D eigenvalue weighted by molar-refractivity contribution is 5.71. The number of allylic oxidation sites excluding steroid dienone is 4. The summed E-state index contributed by atoms with van der Waals surface area (Å²) in [5.41, 5.74) is 0. The molecule has 0 rings (SSSR count). The molecule has 0 aromatic carbocycles. The molecule has 0 aromatic rings. The van der Waals surface area contributed by atoms with Gasteiger partial charge in [0.2, 0.25) is 0 Å². The van der Waals surface area contributed by atoms with E-state index < -0.39 is 6.10 Å². The van der Waals surface area contributed by atoms with Crippen molar-refractivity contribution in [2.75, 3.05) is 13.2 Å². The van der Waals surface area contributed by atoms with Crippen LogP contribution in [0.3, 0.4) is 0 Å². The smallest absolute Gasteiger partial charge is 0.306 e. The third-order valence-electron chi connectivity index (χ3n) is 13.0. The molecule has 65 heavy (non-hydrogen) atoms. The summed E-state index contributed by atoms with van der Waals surface area (Å²) in [6.45, 7) is 6.65. The van der Waals surface area contributed by atoms with Crippen molar-refractivity contribution in [1.29, 1.82) is 0 Å². The molecule has 0 fully saturated rings. The van der Waals surface area contributed by atoms with Crippen LogP contribution in [-0.2, 0) is 28.6 Å². The van der Waals surface area contributed by atoms with Gasteiger partial charge in [0.25, 0.3) is 0 Å². The quantitative estimate of drug-likeness (QED) is 0.0262. The highest BCUT2D eigenvalue weighted by Crippen LogP contribution is 2.17. The molecule has 0 N–H and O–H groups in total. The van der Waals surface area contributed by atoms with Crippen molar-refractivity contribution in [3.63, 3.8) is 0 Å². The summed E-state index contributed by atoms with van der Waals surface area (Å²) < 4.78 is 16.9. The standard InChI is InChI=1S/C59H110O6/c1-4-7-10-13-16-19-22-24-26-28-29-31-32-34-37-40-43-46-49-52-58(61)64-55-56(54-63-57(60)51-48-45-42-39-36-21-18-15-12-9-6-3)65-59(62)53-50-47-44-41-38-35-33-30-27-25-23-20-17-14-11-8-5-2/h17,20,25,27,56H,4-16,18-19,21-24,26,28-55H2,1-3H3/b20-17-,27-25-/t56-/m0/s1. The molecule has 0 aliphatic rings. The van der Waals surface area contributed by atoms with E-state index in [0.717, 1.165) is 70.6 Å². The average molecular weight is 916 g/mol. The molecule has 0 saturated heterocycles. The highest BCUT2D eigenvalue weighted by atomic mass is 16.6. The van der Waals surface area contributed by atoms with Crippen molar-refractivity contribution >= 4 is 17.9 Å². The number of esters is 3. The molecule has 0 saturated carbocycles. The Morgan fingerprint density at radius 3 is 0.877 bits per heavy atom. The van der Waals surface area contributed by atoms with E-state index in [2.05, 4.69) is 45.1 Å². The minimum absolute atomic E-state index is 0.0691. The van der Waals surface area contributed by atoms with Crippen LogP contribution in [0.15, 0.2) is 24.3 Å². The van der Waals surface area contributed by atoms with Crippen LogP contribution in [0.4, 0.5) is 0 Å². The first-order valence-electron chi connectivity index (χ1n) is 28.8. The van der Waals surface area contributed by atoms with Crippen LogP contribution < -0.4 is 0 Å². The molecule has 382 valence electrons. The van der Waals surface area contributed by atoms with Gasteiger partial charge in [-0.05, 0) is 51.4 Å². The SMILES string of the molecule is CCCCC/C=C\C/C=C\CCCCCCCCCC(=O)O[C@@H](COC(=O)CCCCCCCCCCCCC)COC(=O)CCCCCCCCCCCCCCCCCCCCC. The van der Waals surface area contributed by atoms with Crippen LogP contribution >= 0.6 is 0 Å². The Morgan fingerprint density at radius 2 is 0.554 bits per heavy atom. The number of carbonyl (C=O) groups excluding carboxylic acids is 3. The van der Waals surface area contributed by atoms with Gasteiger partial charge in [-0.3, -0.25) is 14.4 Å². The first-order valence-corrected chi connectivity index (χ1v) is 28.8. The number of carbonyl (C=O) groups is 3. The molecular formula is C59H110O6. The molecule has 6 nitrogen and oxygen atoms in total. The molecule has 0 aromatic heterocycles. The van der Waals surface area contributed by atoms with Gasteiger partial charge in [-0.1, -0.05) is 270 Å². The minimum Gasteiger partial charge on any atom is -0.462 e. The van der Waals surface area contributed by atoms with Gasteiger partial charge >= 0.3 is 17.9 Å². The predicted molar refractivity (Wildman–Crippen MR) is 279 cm³/mol. The lowest BCUT2D eigenvalue weighted by Crippen LogP contribution is -2.30. The second-order valence-electron chi connectivity index (χ2n) is 19.6. The van der Waals surface area contributed by atoms with Crippen molar-refractivity contribution in [1.82, 2.24) is 0 Å².